The monoisotopic (exact) mass is 456 g/mol. The lowest BCUT2D eigenvalue weighted by molar-refractivity contribution is -0.120. The Bertz CT molecular complexity index is 833. The first-order valence-electron chi connectivity index (χ1n) is 8.31. The molecule has 0 aliphatic rings. The van der Waals surface area contributed by atoms with Crippen molar-refractivity contribution < 1.29 is 27.8 Å². The van der Waals surface area contributed by atoms with E-state index in [1.54, 1.807) is 36.4 Å². The lowest BCUT2D eigenvalue weighted by atomic mass is 10.1. The molecular formula is C19H19BrF2N2O4. The topological polar surface area (TPSA) is 76.7 Å². The number of methoxy groups -OCH3 is 1. The molecule has 2 amide bonds. The summed E-state index contributed by atoms with van der Waals surface area (Å²) in [5.41, 5.74) is 1.22. The number of rotatable bonds is 9. The first kappa shape index (κ1) is 21.6. The first-order valence-corrected chi connectivity index (χ1v) is 9.10. The van der Waals surface area contributed by atoms with Gasteiger partial charge in [0.1, 0.15) is 0 Å². The SMILES string of the molecule is COc1cc(CCNC(=O)CNC(=O)c2cccc(Br)c2)ccc1OC(F)F. The van der Waals surface area contributed by atoms with Crippen LogP contribution >= 0.6 is 15.9 Å². The Morgan fingerprint density at radius 1 is 1.11 bits per heavy atom. The second-order valence-electron chi connectivity index (χ2n) is 5.66. The molecule has 2 aromatic rings. The second kappa shape index (κ2) is 10.6. The van der Waals surface area contributed by atoms with E-state index >= 15 is 0 Å². The van der Waals surface area contributed by atoms with E-state index in [4.69, 9.17) is 4.74 Å². The number of hydrogen-bond acceptors (Lipinski definition) is 4. The minimum absolute atomic E-state index is 0.0550. The summed E-state index contributed by atoms with van der Waals surface area (Å²) in [5, 5.41) is 5.22. The van der Waals surface area contributed by atoms with Crippen molar-refractivity contribution in [1.29, 1.82) is 0 Å². The predicted molar refractivity (Wildman–Crippen MR) is 103 cm³/mol. The molecular weight excluding hydrogens is 438 g/mol. The third kappa shape index (κ3) is 6.80. The number of halogens is 3. The largest absolute Gasteiger partial charge is 0.493 e. The number of benzene rings is 2. The van der Waals surface area contributed by atoms with Crippen LogP contribution in [0.25, 0.3) is 0 Å². The molecule has 2 rings (SSSR count). The third-order valence-corrected chi connectivity index (χ3v) is 4.17. The van der Waals surface area contributed by atoms with Crippen molar-refractivity contribution in [3.05, 3.63) is 58.1 Å². The smallest absolute Gasteiger partial charge is 0.387 e. The van der Waals surface area contributed by atoms with E-state index in [-0.39, 0.29) is 29.9 Å². The second-order valence-corrected chi connectivity index (χ2v) is 6.57. The van der Waals surface area contributed by atoms with Gasteiger partial charge >= 0.3 is 6.61 Å². The number of alkyl halides is 2. The average Bonchev–Trinajstić information content (AvgIpc) is 2.66. The van der Waals surface area contributed by atoms with Crippen LogP contribution in [-0.4, -0.2) is 38.6 Å². The summed E-state index contributed by atoms with van der Waals surface area (Å²) in [6, 6.07) is 11.4. The molecule has 6 nitrogen and oxygen atoms in total. The normalized spacial score (nSPS) is 10.5. The highest BCUT2D eigenvalue weighted by molar-refractivity contribution is 9.10. The minimum atomic E-state index is -2.94. The highest BCUT2D eigenvalue weighted by Gasteiger charge is 2.12. The molecule has 0 unspecified atom stereocenters. The molecule has 0 bridgehead atoms. The van der Waals surface area contributed by atoms with Gasteiger partial charge in [-0.05, 0) is 42.3 Å². The van der Waals surface area contributed by atoms with E-state index < -0.39 is 6.61 Å². The maximum absolute atomic E-state index is 12.3. The third-order valence-electron chi connectivity index (χ3n) is 3.68. The molecule has 0 aromatic heterocycles. The van der Waals surface area contributed by atoms with Gasteiger partial charge in [-0.1, -0.05) is 28.1 Å². The molecule has 0 spiro atoms. The maximum Gasteiger partial charge on any atom is 0.387 e. The van der Waals surface area contributed by atoms with Crippen molar-refractivity contribution >= 4 is 27.7 Å². The molecule has 28 heavy (non-hydrogen) atoms. The van der Waals surface area contributed by atoms with E-state index in [0.29, 0.717) is 18.5 Å². The Morgan fingerprint density at radius 2 is 1.89 bits per heavy atom. The van der Waals surface area contributed by atoms with Gasteiger partial charge in [-0.3, -0.25) is 9.59 Å². The molecule has 0 radical (unpaired) electrons. The van der Waals surface area contributed by atoms with Crippen LogP contribution < -0.4 is 20.1 Å². The van der Waals surface area contributed by atoms with Gasteiger partial charge in [0, 0.05) is 16.6 Å². The number of amides is 2. The fraction of sp³-hybridized carbons (Fsp3) is 0.263. The first-order chi connectivity index (χ1) is 13.4. The van der Waals surface area contributed by atoms with E-state index in [2.05, 4.69) is 31.3 Å². The van der Waals surface area contributed by atoms with E-state index in [1.807, 2.05) is 0 Å². The number of ether oxygens (including phenoxy) is 2. The number of carbonyl (C=O) groups excluding carboxylic acids is 2. The van der Waals surface area contributed by atoms with Crippen LogP contribution in [0.15, 0.2) is 46.9 Å². The summed E-state index contributed by atoms with van der Waals surface area (Å²) in [6.07, 6.45) is 0.455. The molecule has 0 fully saturated rings. The van der Waals surface area contributed by atoms with Crippen molar-refractivity contribution in [2.75, 3.05) is 20.2 Å². The summed E-state index contributed by atoms with van der Waals surface area (Å²) >= 11 is 3.28. The Balaban J connectivity index is 1.78. The molecule has 2 N–H and O–H groups in total. The molecule has 0 aliphatic heterocycles. The Labute approximate surface area is 169 Å². The zero-order valence-corrected chi connectivity index (χ0v) is 16.6. The summed E-state index contributed by atoms with van der Waals surface area (Å²) in [5.74, 6) is -0.560. The Hall–Kier alpha value is -2.68. The van der Waals surface area contributed by atoms with Crippen molar-refractivity contribution in [3.8, 4) is 11.5 Å². The van der Waals surface area contributed by atoms with Crippen molar-refractivity contribution in [3.63, 3.8) is 0 Å². The lowest BCUT2D eigenvalue weighted by Crippen LogP contribution is -2.37. The molecule has 0 saturated carbocycles. The highest BCUT2D eigenvalue weighted by atomic mass is 79.9. The lowest BCUT2D eigenvalue weighted by Gasteiger charge is -2.12. The zero-order chi connectivity index (χ0) is 20.5. The van der Waals surface area contributed by atoms with Crippen LogP contribution in [0.4, 0.5) is 8.78 Å². The van der Waals surface area contributed by atoms with E-state index in [1.165, 1.54) is 13.2 Å². The molecule has 150 valence electrons. The van der Waals surface area contributed by atoms with Crippen LogP contribution in [-0.2, 0) is 11.2 Å². The van der Waals surface area contributed by atoms with Gasteiger partial charge in [-0.2, -0.15) is 8.78 Å². The van der Waals surface area contributed by atoms with Crippen LogP contribution in [0.3, 0.4) is 0 Å². The van der Waals surface area contributed by atoms with Crippen molar-refractivity contribution in [1.82, 2.24) is 10.6 Å². The molecule has 2 aromatic carbocycles. The summed E-state index contributed by atoms with van der Waals surface area (Å²) < 4.78 is 34.8. The van der Waals surface area contributed by atoms with E-state index in [0.717, 1.165) is 10.0 Å². The standard InChI is InChI=1S/C19H19BrF2N2O4/c1-27-16-9-12(5-6-15(16)28-19(21)22)7-8-23-17(25)11-24-18(26)13-3-2-4-14(20)10-13/h2-6,9-10,19H,7-8,11H2,1H3,(H,23,25)(H,24,26). The molecule has 9 heteroatoms. The van der Waals surface area contributed by atoms with Gasteiger partial charge in [0.2, 0.25) is 5.91 Å². The fourth-order valence-corrected chi connectivity index (χ4v) is 2.76. The Morgan fingerprint density at radius 3 is 2.57 bits per heavy atom. The van der Waals surface area contributed by atoms with Crippen LogP contribution in [0.2, 0.25) is 0 Å². The number of nitrogens with one attached hydrogen (secondary N) is 2. The molecule has 0 saturated heterocycles. The van der Waals surface area contributed by atoms with Crippen molar-refractivity contribution in [2.45, 2.75) is 13.0 Å². The molecule has 0 aliphatic carbocycles. The fourth-order valence-electron chi connectivity index (χ4n) is 2.36. The maximum atomic E-state index is 12.3. The van der Waals surface area contributed by atoms with Crippen LogP contribution in [0, 0.1) is 0 Å². The summed E-state index contributed by atoms with van der Waals surface area (Å²) in [6.45, 7) is -2.79. The predicted octanol–water partition coefficient (Wildman–Crippen LogP) is 3.15. The van der Waals surface area contributed by atoms with Crippen LogP contribution in [0.5, 0.6) is 11.5 Å². The van der Waals surface area contributed by atoms with Crippen LogP contribution in [0.1, 0.15) is 15.9 Å². The van der Waals surface area contributed by atoms with Crippen molar-refractivity contribution in [2.24, 2.45) is 0 Å². The highest BCUT2D eigenvalue weighted by Crippen LogP contribution is 2.29. The Kier molecular flexibility index (Phi) is 8.19. The van der Waals surface area contributed by atoms with Gasteiger partial charge in [-0.15, -0.1) is 0 Å². The molecule has 0 atom stereocenters. The zero-order valence-electron chi connectivity index (χ0n) is 15.0. The minimum Gasteiger partial charge on any atom is -0.493 e. The van der Waals surface area contributed by atoms with Gasteiger partial charge in [0.25, 0.3) is 5.91 Å². The quantitative estimate of drug-likeness (QED) is 0.607. The number of carbonyl (C=O) groups is 2. The van der Waals surface area contributed by atoms with E-state index in [9.17, 15) is 18.4 Å². The van der Waals surface area contributed by atoms with Gasteiger partial charge in [0.15, 0.2) is 11.5 Å². The van der Waals surface area contributed by atoms with Gasteiger partial charge in [-0.25, -0.2) is 0 Å². The molecule has 0 heterocycles. The van der Waals surface area contributed by atoms with Gasteiger partial charge < -0.3 is 20.1 Å². The average molecular weight is 457 g/mol. The summed E-state index contributed by atoms with van der Waals surface area (Å²) in [4.78, 5) is 23.9. The summed E-state index contributed by atoms with van der Waals surface area (Å²) in [7, 11) is 1.35. The number of hydrogen-bond donors (Lipinski definition) is 2. The van der Waals surface area contributed by atoms with Gasteiger partial charge in [0.05, 0.1) is 13.7 Å².